The van der Waals surface area contributed by atoms with Crippen molar-refractivity contribution in [2.75, 3.05) is 25.7 Å². The highest BCUT2D eigenvalue weighted by Gasteiger charge is 2.34. The molecule has 1 unspecified atom stereocenters. The molecular weight excluding hydrogens is 394 g/mol. The number of ether oxygens (including phenoxy) is 2. The van der Waals surface area contributed by atoms with Crippen LogP contribution in [0.15, 0.2) is 30.3 Å². The van der Waals surface area contributed by atoms with Gasteiger partial charge >= 0.3 is 0 Å². The van der Waals surface area contributed by atoms with Gasteiger partial charge in [0.05, 0.1) is 19.9 Å². The van der Waals surface area contributed by atoms with Crippen LogP contribution in [0.2, 0.25) is 0 Å². The summed E-state index contributed by atoms with van der Waals surface area (Å²) in [5.74, 6) is -1.70. The molecule has 1 aliphatic heterocycles. The van der Waals surface area contributed by atoms with E-state index >= 15 is 0 Å². The Morgan fingerprint density at radius 3 is 2.23 bits per heavy atom. The Balaban J connectivity index is 1.86. The molecule has 6 nitrogen and oxygen atoms in total. The van der Waals surface area contributed by atoms with Gasteiger partial charge in [-0.25, -0.2) is 8.78 Å². The maximum Gasteiger partial charge on any atom is 0.252 e. The third-order valence-corrected chi connectivity index (χ3v) is 5.11. The Kier molecular flexibility index (Phi) is 6.24. The fraction of sp³-hybridized carbons (Fsp3) is 0.364. The number of benzene rings is 2. The first-order valence-corrected chi connectivity index (χ1v) is 9.58. The molecule has 1 N–H and O–H groups in total. The Morgan fingerprint density at radius 1 is 1.03 bits per heavy atom. The fourth-order valence-corrected chi connectivity index (χ4v) is 3.50. The molecule has 0 bridgehead atoms. The quantitative estimate of drug-likeness (QED) is 0.782. The van der Waals surface area contributed by atoms with Crippen molar-refractivity contribution >= 4 is 17.5 Å². The van der Waals surface area contributed by atoms with Gasteiger partial charge in [-0.1, -0.05) is 13.8 Å². The summed E-state index contributed by atoms with van der Waals surface area (Å²) in [6.45, 7) is 3.80. The smallest absolute Gasteiger partial charge is 0.252 e. The minimum absolute atomic E-state index is 0.209. The highest BCUT2D eigenvalue weighted by atomic mass is 19.1. The van der Waals surface area contributed by atoms with Crippen molar-refractivity contribution in [2.24, 2.45) is 5.92 Å². The number of rotatable bonds is 6. The van der Waals surface area contributed by atoms with E-state index in [2.05, 4.69) is 5.32 Å². The average molecular weight is 418 g/mol. The SMILES string of the molecule is COc1cc(OC)cc(C(=O)NC(C(=O)N2CCc3c(F)cc(F)cc32)C(C)C)c1. The van der Waals surface area contributed by atoms with Crippen molar-refractivity contribution in [3.05, 3.63) is 53.1 Å². The third-order valence-electron chi connectivity index (χ3n) is 5.11. The van der Waals surface area contributed by atoms with Gasteiger partial charge in [0.1, 0.15) is 29.2 Å². The zero-order valence-electron chi connectivity index (χ0n) is 17.3. The van der Waals surface area contributed by atoms with E-state index < -0.39 is 29.5 Å². The van der Waals surface area contributed by atoms with E-state index in [1.807, 2.05) is 0 Å². The van der Waals surface area contributed by atoms with Gasteiger partial charge in [-0.05, 0) is 30.5 Å². The first-order valence-electron chi connectivity index (χ1n) is 9.58. The summed E-state index contributed by atoms with van der Waals surface area (Å²) >= 11 is 0. The number of hydrogen-bond acceptors (Lipinski definition) is 4. The van der Waals surface area contributed by atoms with Crippen molar-refractivity contribution < 1.29 is 27.8 Å². The van der Waals surface area contributed by atoms with Gasteiger partial charge in [-0.15, -0.1) is 0 Å². The fourth-order valence-electron chi connectivity index (χ4n) is 3.50. The average Bonchev–Trinajstić information content (AvgIpc) is 3.14. The van der Waals surface area contributed by atoms with Gasteiger partial charge in [0.15, 0.2) is 0 Å². The molecule has 0 spiro atoms. The normalized spacial score (nSPS) is 13.8. The lowest BCUT2D eigenvalue weighted by Crippen LogP contribution is -2.51. The molecule has 0 aliphatic carbocycles. The minimum atomic E-state index is -0.882. The molecule has 8 heteroatoms. The maximum atomic E-state index is 14.1. The number of carbonyl (C=O) groups excluding carboxylic acids is 2. The number of anilines is 1. The first kappa shape index (κ1) is 21.5. The number of halogens is 2. The second kappa shape index (κ2) is 8.69. The zero-order valence-corrected chi connectivity index (χ0v) is 17.3. The summed E-state index contributed by atoms with van der Waals surface area (Å²) in [6, 6.07) is 5.78. The molecule has 1 heterocycles. The molecule has 30 heavy (non-hydrogen) atoms. The summed E-state index contributed by atoms with van der Waals surface area (Å²) in [5.41, 5.74) is 0.778. The topological polar surface area (TPSA) is 67.9 Å². The summed E-state index contributed by atoms with van der Waals surface area (Å²) in [4.78, 5) is 27.4. The van der Waals surface area contributed by atoms with E-state index in [1.54, 1.807) is 19.9 Å². The van der Waals surface area contributed by atoms with Gasteiger partial charge in [0.2, 0.25) is 5.91 Å². The zero-order chi connectivity index (χ0) is 22.0. The number of amides is 2. The summed E-state index contributed by atoms with van der Waals surface area (Å²) in [5, 5.41) is 2.74. The Morgan fingerprint density at radius 2 is 1.67 bits per heavy atom. The second-order valence-corrected chi connectivity index (χ2v) is 7.42. The molecular formula is C22H24F2N2O4. The van der Waals surface area contributed by atoms with E-state index in [0.717, 1.165) is 12.1 Å². The van der Waals surface area contributed by atoms with Gasteiger partial charge in [-0.2, -0.15) is 0 Å². The van der Waals surface area contributed by atoms with E-state index in [9.17, 15) is 18.4 Å². The molecule has 160 valence electrons. The van der Waals surface area contributed by atoms with Crippen LogP contribution in [0.5, 0.6) is 11.5 Å². The van der Waals surface area contributed by atoms with Crippen LogP contribution in [0.4, 0.5) is 14.5 Å². The lowest BCUT2D eigenvalue weighted by molar-refractivity contribution is -0.121. The van der Waals surface area contributed by atoms with Gasteiger partial charge in [0, 0.05) is 29.8 Å². The van der Waals surface area contributed by atoms with Crippen molar-refractivity contribution in [1.82, 2.24) is 5.32 Å². The molecule has 1 atom stereocenters. The number of hydrogen-bond donors (Lipinski definition) is 1. The third kappa shape index (κ3) is 4.22. The van der Waals surface area contributed by atoms with Crippen molar-refractivity contribution in [3.8, 4) is 11.5 Å². The van der Waals surface area contributed by atoms with Crippen LogP contribution in [0, 0.1) is 17.6 Å². The molecule has 0 saturated carbocycles. The molecule has 2 amide bonds. The monoisotopic (exact) mass is 418 g/mol. The number of carbonyl (C=O) groups is 2. The van der Waals surface area contributed by atoms with Crippen LogP contribution in [0.3, 0.4) is 0 Å². The Bertz CT molecular complexity index is 956. The standard InChI is InChI=1S/C22H24F2N2O4/c1-12(2)20(25-21(27)13-7-15(29-3)11-16(8-13)30-4)22(28)26-6-5-17-18(24)9-14(23)10-19(17)26/h7-12,20H,5-6H2,1-4H3,(H,25,27). The van der Waals surface area contributed by atoms with Crippen LogP contribution in [-0.2, 0) is 11.2 Å². The lowest BCUT2D eigenvalue weighted by Gasteiger charge is -2.27. The van der Waals surface area contributed by atoms with Crippen molar-refractivity contribution in [1.29, 1.82) is 0 Å². The van der Waals surface area contributed by atoms with E-state index in [4.69, 9.17) is 9.47 Å². The van der Waals surface area contributed by atoms with Gasteiger partial charge in [0.25, 0.3) is 5.91 Å². The lowest BCUT2D eigenvalue weighted by atomic mass is 10.0. The van der Waals surface area contributed by atoms with Crippen molar-refractivity contribution in [2.45, 2.75) is 26.3 Å². The van der Waals surface area contributed by atoms with Crippen LogP contribution in [0.25, 0.3) is 0 Å². The van der Waals surface area contributed by atoms with Gasteiger partial charge < -0.3 is 19.7 Å². The molecule has 0 aromatic heterocycles. The maximum absolute atomic E-state index is 14.1. The Labute approximate surface area is 173 Å². The molecule has 0 fully saturated rings. The molecule has 0 saturated heterocycles. The summed E-state index contributed by atoms with van der Waals surface area (Å²) in [6.07, 6.45) is 0.291. The number of methoxy groups -OCH3 is 2. The molecule has 0 radical (unpaired) electrons. The summed E-state index contributed by atoms with van der Waals surface area (Å²) in [7, 11) is 2.94. The number of fused-ring (bicyclic) bond motifs is 1. The predicted octanol–water partition coefficient (Wildman–Crippen LogP) is 3.33. The second-order valence-electron chi connectivity index (χ2n) is 7.42. The molecule has 1 aliphatic rings. The summed E-state index contributed by atoms with van der Waals surface area (Å²) < 4.78 is 38.1. The molecule has 2 aromatic rings. The van der Waals surface area contributed by atoms with E-state index in [0.29, 0.717) is 23.5 Å². The van der Waals surface area contributed by atoms with Gasteiger partial charge in [-0.3, -0.25) is 9.59 Å². The largest absolute Gasteiger partial charge is 0.497 e. The van der Waals surface area contributed by atoms with Crippen molar-refractivity contribution in [3.63, 3.8) is 0 Å². The van der Waals surface area contributed by atoms with E-state index in [-0.39, 0.29) is 23.7 Å². The first-order chi connectivity index (χ1) is 14.2. The number of nitrogens with one attached hydrogen (secondary N) is 1. The van der Waals surface area contributed by atoms with Crippen LogP contribution in [0.1, 0.15) is 29.8 Å². The predicted molar refractivity (Wildman–Crippen MR) is 108 cm³/mol. The van der Waals surface area contributed by atoms with E-state index in [1.165, 1.54) is 31.3 Å². The Hall–Kier alpha value is -3.16. The molecule has 2 aromatic carbocycles. The minimum Gasteiger partial charge on any atom is -0.497 e. The van der Waals surface area contributed by atoms with Crippen LogP contribution >= 0.6 is 0 Å². The highest BCUT2D eigenvalue weighted by Crippen LogP contribution is 2.32. The molecule has 3 rings (SSSR count). The highest BCUT2D eigenvalue weighted by molar-refractivity contribution is 6.03. The van der Waals surface area contributed by atoms with Crippen LogP contribution in [-0.4, -0.2) is 38.6 Å². The van der Waals surface area contributed by atoms with Crippen LogP contribution < -0.4 is 19.7 Å². The number of nitrogens with zero attached hydrogens (tertiary/aromatic N) is 1.